The Morgan fingerprint density at radius 3 is 2.26 bits per heavy atom. The lowest BCUT2D eigenvalue weighted by Crippen LogP contribution is -2.41. The molecule has 1 aromatic heterocycles. The highest BCUT2D eigenvalue weighted by molar-refractivity contribution is 5.88. The highest BCUT2D eigenvalue weighted by atomic mass is 16.6. The van der Waals surface area contributed by atoms with E-state index in [1.807, 2.05) is 75.5 Å². The van der Waals surface area contributed by atoms with Crippen LogP contribution in [0.25, 0.3) is 10.9 Å². The third-order valence-electron chi connectivity index (χ3n) is 5.78. The molecular formula is C28H29N3O3. The molecular weight excluding hydrogens is 426 g/mol. The largest absolute Gasteiger partial charge is 0.351 e. The Balaban J connectivity index is 1.85. The minimum atomic E-state index is -0.373. The van der Waals surface area contributed by atoms with Gasteiger partial charge in [-0.2, -0.15) is 0 Å². The van der Waals surface area contributed by atoms with Crippen molar-refractivity contribution in [2.24, 2.45) is 0 Å². The van der Waals surface area contributed by atoms with Crippen molar-refractivity contribution >= 4 is 22.5 Å². The van der Waals surface area contributed by atoms with Crippen LogP contribution in [-0.2, 0) is 11.3 Å². The smallest absolute Gasteiger partial charge is 0.270 e. The number of carbonyl (C=O) groups excluding carboxylic acids is 1. The third-order valence-corrected chi connectivity index (χ3v) is 5.78. The molecule has 1 amide bonds. The number of nitro benzene ring substituents is 1. The summed E-state index contributed by atoms with van der Waals surface area (Å²) in [6.07, 6.45) is 2.29. The van der Waals surface area contributed by atoms with Gasteiger partial charge in [-0.1, -0.05) is 60.7 Å². The van der Waals surface area contributed by atoms with Crippen LogP contribution in [0, 0.1) is 10.1 Å². The number of fused-ring (bicyclic) bond motifs is 1. The van der Waals surface area contributed by atoms with E-state index in [0.717, 1.165) is 27.6 Å². The molecule has 1 atom stereocenters. The molecule has 174 valence electrons. The zero-order valence-electron chi connectivity index (χ0n) is 19.7. The molecule has 6 heteroatoms. The minimum absolute atomic E-state index is 0.0390. The molecule has 0 saturated heterocycles. The van der Waals surface area contributed by atoms with Crippen LogP contribution in [0.5, 0.6) is 0 Å². The summed E-state index contributed by atoms with van der Waals surface area (Å²) in [5.74, 6) is -0.305. The van der Waals surface area contributed by atoms with E-state index in [2.05, 4.69) is 22.0 Å². The summed E-state index contributed by atoms with van der Waals surface area (Å²) >= 11 is 0. The molecule has 0 fully saturated rings. The standard InChI is InChI=1S/C28H29N3O3/c1-28(2,3)29-27(32)17-23(21-12-8-5-9-13-21)25-19-30(18-20-10-6-4-7-11-20)26-15-14-22(31(33)34)16-24(25)26/h4-16,19,23H,17-18H2,1-3H3,(H,29,32)/t23-/m0/s1. The zero-order valence-corrected chi connectivity index (χ0v) is 19.7. The van der Waals surface area contributed by atoms with Gasteiger partial charge in [0.1, 0.15) is 0 Å². The minimum Gasteiger partial charge on any atom is -0.351 e. The normalized spacial score (nSPS) is 12.4. The maximum Gasteiger partial charge on any atom is 0.270 e. The molecule has 0 saturated carbocycles. The molecule has 0 unspecified atom stereocenters. The van der Waals surface area contributed by atoms with Crippen LogP contribution < -0.4 is 5.32 Å². The van der Waals surface area contributed by atoms with Gasteiger partial charge in [0.2, 0.25) is 5.91 Å². The van der Waals surface area contributed by atoms with Gasteiger partial charge in [0.05, 0.1) is 4.92 Å². The molecule has 4 aromatic rings. The summed E-state index contributed by atoms with van der Waals surface area (Å²) in [6, 6.07) is 24.9. The first-order chi connectivity index (χ1) is 16.2. The van der Waals surface area contributed by atoms with E-state index in [9.17, 15) is 14.9 Å². The fraction of sp³-hybridized carbons (Fsp3) is 0.250. The van der Waals surface area contributed by atoms with Gasteiger partial charge in [0.15, 0.2) is 0 Å². The lowest BCUT2D eigenvalue weighted by Gasteiger charge is -2.23. The van der Waals surface area contributed by atoms with Gasteiger partial charge >= 0.3 is 0 Å². The zero-order chi connectivity index (χ0) is 24.3. The number of hydrogen-bond donors (Lipinski definition) is 1. The number of nitro groups is 1. The molecule has 1 N–H and O–H groups in total. The van der Waals surface area contributed by atoms with Crippen molar-refractivity contribution in [3.63, 3.8) is 0 Å². The Morgan fingerprint density at radius 1 is 1.00 bits per heavy atom. The topological polar surface area (TPSA) is 77.2 Å². The Morgan fingerprint density at radius 2 is 1.65 bits per heavy atom. The Kier molecular flexibility index (Phi) is 6.50. The number of carbonyl (C=O) groups is 1. The molecule has 0 aliphatic carbocycles. The first-order valence-electron chi connectivity index (χ1n) is 11.4. The predicted molar refractivity (Wildman–Crippen MR) is 135 cm³/mol. The van der Waals surface area contributed by atoms with Crippen molar-refractivity contribution in [2.75, 3.05) is 0 Å². The van der Waals surface area contributed by atoms with Crippen molar-refractivity contribution in [1.82, 2.24) is 9.88 Å². The molecule has 0 radical (unpaired) electrons. The van der Waals surface area contributed by atoms with Gasteiger partial charge in [-0.05, 0) is 43.5 Å². The maximum absolute atomic E-state index is 13.0. The van der Waals surface area contributed by atoms with E-state index in [4.69, 9.17) is 0 Å². The van der Waals surface area contributed by atoms with Crippen LogP contribution in [0.1, 0.15) is 49.8 Å². The second kappa shape index (κ2) is 9.51. The molecule has 34 heavy (non-hydrogen) atoms. The Bertz CT molecular complexity index is 1310. The molecule has 4 rings (SSSR count). The van der Waals surface area contributed by atoms with Crippen LogP contribution in [0.2, 0.25) is 0 Å². The van der Waals surface area contributed by atoms with Crippen molar-refractivity contribution in [1.29, 1.82) is 0 Å². The third kappa shape index (κ3) is 5.34. The van der Waals surface area contributed by atoms with Crippen molar-refractivity contribution in [2.45, 2.75) is 45.2 Å². The van der Waals surface area contributed by atoms with Crippen LogP contribution in [0.3, 0.4) is 0 Å². The van der Waals surface area contributed by atoms with Crippen molar-refractivity contribution < 1.29 is 9.72 Å². The van der Waals surface area contributed by atoms with E-state index >= 15 is 0 Å². The van der Waals surface area contributed by atoms with Crippen LogP contribution in [0.4, 0.5) is 5.69 Å². The molecule has 3 aromatic carbocycles. The first-order valence-corrected chi connectivity index (χ1v) is 11.4. The summed E-state index contributed by atoms with van der Waals surface area (Å²) in [5.41, 5.74) is 3.63. The number of non-ortho nitro benzene ring substituents is 1. The summed E-state index contributed by atoms with van der Waals surface area (Å²) in [6.45, 7) is 6.50. The Hall–Kier alpha value is -3.93. The van der Waals surface area contributed by atoms with Crippen molar-refractivity contribution in [3.8, 4) is 0 Å². The van der Waals surface area contributed by atoms with E-state index in [-0.39, 0.29) is 34.4 Å². The lowest BCUT2D eigenvalue weighted by molar-refractivity contribution is -0.384. The summed E-state index contributed by atoms with van der Waals surface area (Å²) < 4.78 is 2.11. The van der Waals surface area contributed by atoms with Crippen LogP contribution in [0.15, 0.2) is 85.1 Å². The second-order valence-electron chi connectivity index (χ2n) is 9.62. The fourth-order valence-electron chi connectivity index (χ4n) is 4.36. The fourth-order valence-corrected chi connectivity index (χ4v) is 4.36. The molecule has 1 heterocycles. The lowest BCUT2D eigenvalue weighted by atomic mass is 9.87. The van der Waals surface area contributed by atoms with Crippen molar-refractivity contribution in [3.05, 3.63) is 112 Å². The summed E-state index contributed by atoms with van der Waals surface area (Å²) in [5, 5.41) is 15.4. The molecule has 0 spiro atoms. The number of hydrogen-bond acceptors (Lipinski definition) is 3. The molecule has 0 aliphatic rings. The molecule has 0 aliphatic heterocycles. The van der Waals surface area contributed by atoms with E-state index in [1.165, 1.54) is 6.07 Å². The predicted octanol–water partition coefficient (Wildman–Crippen LogP) is 6.03. The van der Waals surface area contributed by atoms with Crippen LogP contribution >= 0.6 is 0 Å². The molecule has 0 bridgehead atoms. The highest BCUT2D eigenvalue weighted by Crippen LogP contribution is 2.36. The SMILES string of the molecule is CC(C)(C)NC(=O)C[C@@H](c1ccccc1)c1cn(Cc2ccccc2)c2ccc([N+](=O)[O-])cc12. The van der Waals surface area contributed by atoms with Gasteiger partial charge in [0.25, 0.3) is 5.69 Å². The van der Waals surface area contributed by atoms with E-state index < -0.39 is 0 Å². The second-order valence-corrected chi connectivity index (χ2v) is 9.62. The van der Waals surface area contributed by atoms with Gasteiger partial charge in [0, 0.05) is 53.7 Å². The Labute approximate surface area is 199 Å². The number of nitrogens with one attached hydrogen (secondary N) is 1. The number of rotatable bonds is 7. The van der Waals surface area contributed by atoms with E-state index in [1.54, 1.807) is 12.1 Å². The summed E-state index contributed by atoms with van der Waals surface area (Å²) in [7, 11) is 0. The number of aromatic nitrogens is 1. The first kappa shape index (κ1) is 23.2. The average Bonchev–Trinajstić information content (AvgIpc) is 3.15. The monoisotopic (exact) mass is 455 g/mol. The van der Waals surface area contributed by atoms with Gasteiger partial charge in [-0.3, -0.25) is 14.9 Å². The average molecular weight is 456 g/mol. The molecule has 6 nitrogen and oxygen atoms in total. The highest BCUT2D eigenvalue weighted by Gasteiger charge is 2.25. The number of nitrogens with zero attached hydrogens (tertiary/aromatic N) is 2. The van der Waals surface area contributed by atoms with Gasteiger partial charge in [-0.15, -0.1) is 0 Å². The number of benzene rings is 3. The number of amides is 1. The summed E-state index contributed by atoms with van der Waals surface area (Å²) in [4.78, 5) is 24.2. The maximum atomic E-state index is 13.0. The van der Waals surface area contributed by atoms with Crippen LogP contribution in [-0.4, -0.2) is 20.9 Å². The van der Waals surface area contributed by atoms with Gasteiger partial charge < -0.3 is 9.88 Å². The van der Waals surface area contributed by atoms with Gasteiger partial charge in [-0.25, -0.2) is 0 Å². The quantitative estimate of drug-likeness (QED) is 0.273. The van der Waals surface area contributed by atoms with E-state index in [0.29, 0.717) is 6.54 Å².